The molecule has 0 fully saturated rings. The predicted octanol–water partition coefficient (Wildman–Crippen LogP) is -2.42. The number of carbonyl (C=O) groups excluding carboxylic acids is 3. The average molecular weight is 445 g/mol. The minimum atomic E-state index is -1.50. The lowest BCUT2D eigenvalue weighted by Gasteiger charge is -2.24. The van der Waals surface area contributed by atoms with Crippen LogP contribution in [0.2, 0.25) is 0 Å². The summed E-state index contributed by atoms with van der Waals surface area (Å²) < 4.78 is 0. The number of aliphatic hydroxyl groups excluding tert-OH is 1. The monoisotopic (exact) mass is 444 g/mol. The summed E-state index contributed by atoms with van der Waals surface area (Å²) in [5, 5.41) is 25.4. The molecule has 0 saturated heterocycles. The van der Waals surface area contributed by atoms with E-state index in [1.54, 1.807) is 0 Å². The second-order valence-corrected chi connectivity index (χ2v) is 7.54. The molecule has 0 bridgehead atoms. The number of carboxylic acids is 1. The van der Waals surface area contributed by atoms with E-state index in [1.165, 1.54) is 31.2 Å². The first kappa shape index (κ1) is 25.4. The van der Waals surface area contributed by atoms with Gasteiger partial charge in [0.05, 0.1) is 19.0 Å². The van der Waals surface area contributed by atoms with Gasteiger partial charge in [0.2, 0.25) is 17.7 Å². The second kappa shape index (κ2) is 12.8. The average Bonchev–Trinajstić information content (AvgIpc) is 3.20. The third-order valence-corrected chi connectivity index (χ3v) is 4.71. The first-order valence-corrected chi connectivity index (χ1v) is 10.6. The van der Waals surface area contributed by atoms with E-state index in [2.05, 4.69) is 25.9 Å². The molecule has 4 unspecified atom stereocenters. The fraction of sp³-hybridized carbons (Fsp3) is 0.588. The number of nitrogens with one attached hydrogen (secondary N) is 4. The molecule has 0 aliphatic rings. The molecule has 12 nitrogen and oxygen atoms in total. The predicted molar refractivity (Wildman–Crippen MR) is 109 cm³/mol. The summed E-state index contributed by atoms with van der Waals surface area (Å²) >= 11 is 1.44. The Hall–Kier alpha value is -2.64. The summed E-state index contributed by atoms with van der Waals surface area (Å²) in [4.78, 5) is 55.1. The number of nitrogens with zero attached hydrogens (tertiary/aromatic N) is 1. The van der Waals surface area contributed by atoms with Crippen LogP contribution in [0, 0.1) is 0 Å². The van der Waals surface area contributed by atoms with Gasteiger partial charge in [-0.25, -0.2) is 9.78 Å². The summed E-state index contributed by atoms with van der Waals surface area (Å²) in [6, 6.07) is -4.44. The quantitative estimate of drug-likeness (QED) is 0.173. The first-order valence-electron chi connectivity index (χ1n) is 9.16. The summed E-state index contributed by atoms with van der Waals surface area (Å²) in [7, 11) is 0. The number of aliphatic carboxylic acids is 1. The molecule has 13 heteroatoms. The van der Waals surface area contributed by atoms with Gasteiger partial charge >= 0.3 is 5.97 Å². The molecular weight excluding hydrogens is 416 g/mol. The Labute approximate surface area is 177 Å². The van der Waals surface area contributed by atoms with Gasteiger partial charge in [0.1, 0.15) is 18.1 Å². The molecule has 1 aromatic rings. The van der Waals surface area contributed by atoms with E-state index < -0.39 is 54.5 Å². The van der Waals surface area contributed by atoms with Gasteiger partial charge in [-0.05, 0) is 25.4 Å². The maximum atomic E-state index is 12.8. The molecule has 4 atom stereocenters. The highest BCUT2D eigenvalue weighted by Gasteiger charge is 2.29. The fourth-order valence-electron chi connectivity index (χ4n) is 2.36. The van der Waals surface area contributed by atoms with E-state index in [0.717, 1.165) is 0 Å². The van der Waals surface area contributed by atoms with Crippen molar-refractivity contribution in [1.82, 2.24) is 25.9 Å². The van der Waals surface area contributed by atoms with Gasteiger partial charge in [0.15, 0.2) is 0 Å². The van der Waals surface area contributed by atoms with Crippen LogP contribution in [0.3, 0.4) is 0 Å². The Morgan fingerprint density at radius 1 is 1.13 bits per heavy atom. The van der Waals surface area contributed by atoms with Crippen LogP contribution in [0.5, 0.6) is 0 Å². The van der Waals surface area contributed by atoms with E-state index >= 15 is 0 Å². The van der Waals surface area contributed by atoms with Gasteiger partial charge < -0.3 is 36.9 Å². The number of imidazole rings is 1. The second-order valence-electron chi connectivity index (χ2n) is 6.56. The van der Waals surface area contributed by atoms with Crippen molar-refractivity contribution in [3.8, 4) is 0 Å². The van der Waals surface area contributed by atoms with Gasteiger partial charge in [0.25, 0.3) is 0 Å². The number of carbonyl (C=O) groups is 4. The summed E-state index contributed by atoms with van der Waals surface area (Å²) in [6.45, 7) is 0.674. The Morgan fingerprint density at radius 3 is 2.23 bits per heavy atom. The number of amides is 3. The number of thioether (sulfide) groups is 1. The highest BCUT2D eigenvalue weighted by atomic mass is 32.2. The molecule has 0 saturated carbocycles. The van der Waals surface area contributed by atoms with E-state index in [9.17, 15) is 19.2 Å². The number of aromatic amines is 1. The number of hydrogen-bond acceptors (Lipinski definition) is 8. The van der Waals surface area contributed by atoms with Crippen LogP contribution in [0.4, 0.5) is 0 Å². The Morgan fingerprint density at radius 2 is 1.73 bits per heavy atom. The highest BCUT2D eigenvalue weighted by molar-refractivity contribution is 7.98. The molecule has 0 aliphatic heterocycles. The minimum Gasteiger partial charge on any atom is -0.480 e. The molecule has 1 rings (SSSR count). The van der Waals surface area contributed by atoms with Crippen LogP contribution in [0.25, 0.3) is 0 Å². The van der Waals surface area contributed by atoms with Crippen molar-refractivity contribution in [2.24, 2.45) is 5.73 Å². The van der Waals surface area contributed by atoms with Crippen molar-refractivity contribution >= 4 is 35.5 Å². The number of carboxylic acid groups (broad SMARTS) is 1. The number of rotatable bonds is 13. The highest BCUT2D eigenvalue weighted by Crippen LogP contribution is 2.05. The zero-order valence-corrected chi connectivity index (χ0v) is 17.6. The third-order valence-electron chi connectivity index (χ3n) is 4.07. The lowest BCUT2D eigenvalue weighted by Crippen LogP contribution is -2.57. The van der Waals surface area contributed by atoms with Crippen LogP contribution >= 0.6 is 11.8 Å². The standard InChI is InChI=1S/C17H28N6O6S/c1-9(18)14(25)22-12(5-10-6-19-8-20-10)16(27)21-11(3-4-30-2)15(26)23-13(7-24)17(28)29/h6,8-9,11-13,24H,3-5,7,18H2,1-2H3,(H,19,20)(H,21,27)(H,22,25)(H,23,26)(H,28,29). The molecule has 168 valence electrons. The van der Waals surface area contributed by atoms with Gasteiger partial charge in [-0.15, -0.1) is 0 Å². The maximum absolute atomic E-state index is 12.8. The SMILES string of the molecule is CSCCC(NC(=O)C(Cc1cnc[nH]1)NC(=O)C(C)N)C(=O)NC(CO)C(=O)O. The third kappa shape index (κ3) is 8.39. The molecule has 8 N–H and O–H groups in total. The zero-order chi connectivity index (χ0) is 22.7. The molecular formula is C17H28N6O6S. The number of aliphatic hydroxyl groups is 1. The van der Waals surface area contributed by atoms with Gasteiger partial charge in [-0.3, -0.25) is 14.4 Å². The molecule has 0 aromatic carbocycles. The summed E-state index contributed by atoms with van der Waals surface area (Å²) in [5.41, 5.74) is 6.14. The van der Waals surface area contributed by atoms with Crippen molar-refractivity contribution < 1.29 is 29.4 Å². The number of aromatic nitrogens is 2. The maximum Gasteiger partial charge on any atom is 0.328 e. The number of nitrogens with two attached hydrogens (primary N) is 1. The van der Waals surface area contributed by atoms with Crippen LogP contribution in [-0.2, 0) is 25.6 Å². The van der Waals surface area contributed by atoms with Crippen molar-refractivity contribution in [2.75, 3.05) is 18.6 Å². The minimum absolute atomic E-state index is 0.0789. The largest absolute Gasteiger partial charge is 0.480 e. The van der Waals surface area contributed by atoms with Crippen molar-refractivity contribution in [3.05, 3.63) is 18.2 Å². The normalized spacial score (nSPS) is 14.8. The first-order chi connectivity index (χ1) is 14.2. The zero-order valence-electron chi connectivity index (χ0n) is 16.8. The van der Waals surface area contributed by atoms with Crippen molar-refractivity contribution in [1.29, 1.82) is 0 Å². The summed E-state index contributed by atoms with van der Waals surface area (Å²) in [6.07, 6.45) is 5.03. The fourth-order valence-corrected chi connectivity index (χ4v) is 2.83. The van der Waals surface area contributed by atoms with E-state index in [1.807, 2.05) is 6.26 Å². The Bertz CT molecular complexity index is 714. The molecule has 1 aromatic heterocycles. The van der Waals surface area contributed by atoms with Gasteiger partial charge in [-0.1, -0.05) is 0 Å². The molecule has 0 spiro atoms. The van der Waals surface area contributed by atoms with Crippen LogP contribution in [0.1, 0.15) is 19.0 Å². The van der Waals surface area contributed by atoms with E-state index in [4.69, 9.17) is 15.9 Å². The van der Waals surface area contributed by atoms with Gasteiger partial charge in [0, 0.05) is 18.3 Å². The van der Waals surface area contributed by atoms with Crippen molar-refractivity contribution in [3.63, 3.8) is 0 Å². The van der Waals surface area contributed by atoms with Crippen LogP contribution < -0.4 is 21.7 Å². The van der Waals surface area contributed by atoms with Crippen molar-refractivity contribution in [2.45, 2.75) is 43.9 Å². The topological polar surface area (TPSA) is 200 Å². The lowest BCUT2D eigenvalue weighted by atomic mass is 10.1. The summed E-state index contributed by atoms with van der Waals surface area (Å²) in [5.74, 6) is -2.84. The lowest BCUT2D eigenvalue weighted by molar-refractivity contribution is -0.143. The molecule has 0 aliphatic carbocycles. The Kier molecular flexibility index (Phi) is 10.9. The smallest absolute Gasteiger partial charge is 0.328 e. The van der Waals surface area contributed by atoms with Crippen LogP contribution in [-0.4, -0.2) is 86.7 Å². The van der Waals surface area contributed by atoms with Crippen LogP contribution in [0.15, 0.2) is 12.5 Å². The van der Waals surface area contributed by atoms with Gasteiger partial charge in [-0.2, -0.15) is 11.8 Å². The van der Waals surface area contributed by atoms with E-state index in [-0.39, 0.29) is 12.8 Å². The van der Waals surface area contributed by atoms with E-state index in [0.29, 0.717) is 11.4 Å². The molecule has 30 heavy (non-hydrogen) atoms. The molecule has 1 heterocycles. The number of H-pyrrole nitrogens is 1. The Balaban J connectivity index is 2.94. The molecule has 0 radical (unpaired) electrons. The molecule has 3 amide bonds. The number of hydrogen-bond donors (Lipinski definition) is 7.